The quantitative estimate of drug-likeness (QED) is 0.634. The van der Waals surface area contributed by atoms with E-state index in [4.69, 9.17) is 5.73 Å². The molecule has 2 N–H and O–H groups in total. The maximum absolute atomic E-state index is 6.10. The monoisotopic (exact) mass is 191 g/mol. The van der Waals surface area contributed by atoms with E-state index in [2.05, 4.69) is 12.2 Å². The Morgan fingerprint density at radius 1 is 1.21 bits per heavy atom. The Morgan fingerprint density at radius 2 is 2.14 bits per heavy atom. The fraction of sp³-hybridized carbons (Fsp3) is 0.846. The lowest BCUT2D eigenvalue weighted by Crippen LogP contribution is -2.35. The van der Waals surface area contributed by atoms with Crippen LogP contribution in [0.4, 0.5) is 0 Å². The van der Waals surface area contributed by atoms with Crippen molar-refractivity contribution in [1.29, 1.82) is 0 Å². The van der Waals surface area contributed by atoms with E-state index in [1.807, 2.05) is 0 Å². The van der Waals surface area contributed by atoms with Crippen LogP contribution in [-0.4, -0.2) is 6.04 Å². The van der Waals surface area contributed by atoms with Crippen molar-refractivity contribution >= 4 is 0 Å². The van der Waals surface area contributed by atoms with Crippen LogP contribution in [0.3, 0.4) is 0 Å². The summed E-state index contributed by atoms with van der Waals surface area (Å²) in [7, 11) is 0. The van der Waals surface area contributed by atoms with Crippen molar-refractivity contribution in [1.82, 2.24) is 0 Å². The number of nitrogens with two attached hydrogens (primary N) is 1. The average molecular weight is 191 g/mol. The van der Waals surface area contributed by atoms with E-state index >= 15 is 0 Å². The molecule has 0 aromatic carbocycles. The minimum Gasteiger partial charge on any atom is -0.328 e. The third kappa shape index (κ3) is 1.25. The van der Waals surface area contributed by atoms with Crippen LogP contribution in [0.25, 0.3) is 0 Å². The van der Waals surface area contributed by atoms with Gasteiger partial charge < -0.3 is 5.73 Å². The number of allylic oxidation sites excluding steroid dienone is 2. The van der Waals surface area contributed by atoms with Crippen molar-refractivity contribution in [2.24, 2.45) is 23.0 Å². The summed E-state index contributed by atoms with van der Waals surface area (Å²) in [6.45, 7) is 0. The first-order chi connectivity index (χ1) is 6.78. The van der Waals surface area contributed by atoms with Crippen molar-refractivity contribution in [2.45, 2.75) is 51.0 Å². The van der Waals surface area contributed by atoms with Crippen LogP contribution < -0.4 is 5.73 Å². The maximum Gasteiger partial charge on any atom is 0.00417 e. The standard InChI is InChI=1S/C13H21N/c14-12-3-1-2-11(8-12)13-6-4-10(9-13)5-7-13/h4,6,10-12H,1-3,5,7-9,14H2. The molecule has 0 spiro atoms. The summed E-state index contributed by atoms with van der Waals surface area (Å²) in [5, 5.41) is 0. The molecule has 0 heterocycles. The van der Waals surface area contributed by atoms with Gasteiger partial charge in [-0.25, -0.2) is 0 Å². The van der Waals surface area contributed by atoms with Crippen molar-refractivity contribution in [2.75, 3.05) is 0 Å². The molecule has 0 saturated heterocycles. The number of hydrogen-bond acceptors (Lipinski definition) is 1. The Kier molecular flexibility index (Phi) is 1.98. The van der Waals surface area contributed by atoms with Crippen LogP contribution in [0.15, 0.2) is 12.2 Å². The largest absolute Gasteiger partial charge is 0.328 e. The van der Waals surface area contributed by atoms with E-state index in [-0.39, 0.29) is 0 Å². The van der Waals surface area contributed by atoms with Gasteiger partial charge in [0.25, 0.3) is 0 Å². The smallest absolute Gasteiger partial charge is 0.00417 e. The lowest BCUT2D eigenvalue weighted by atomic mass is 9.67. The van der Waals surface area contributed by atoms with Gasteiger partial charge in [0, 0.05) is 6.04 Å². The maximum atomic E-state index is 6.10. The molecular weight excluding hydrogens is 170 g/mol. The topological polar surface area (TPSA) is 26.0 Å². The molecule has 0 aromatic heterocycles. The van der Waals surface area contributed by atoms with Gasteiger partial charge in [0.2, 0.25) is 0 Å². The Bertz CT molecular complexity index is 258. The fourth-order valence-electron chi connectivity index (χ4n) is 4.05. The Labute approximate surface area is 86.8 Å². The second kappa shape index (κ2) is 3.10. The normalized spacial score (nSPS) is 51.4. The first-order valence-corrected chi connectivity index (χ1v) is 6.23. The van der Waals surface area contributed by atoms with Crippen LogP contribution in [-0.2, 0) is 0 Å². The highest BCUT2D eigenvalue weighted by molar-refractivity contribution is 5.18. The van der Waals surface area contributed by atoms with E-state index in [1.165, 1.54) is 44.9 Å². The molecule has 4 atom stereocenters. The van der Waals surface area contributed by atoms with E-state index in [9.17, 15) is 0 Å². The molecule has 0 radical (unpaired) electrons. The van der Waals surface area contributed by atoms with E-state index in [1.54, 1.807) is 0 Å². The second-order valence-electron chi connectivity index (χ2n) is 5.72. The molecule has 1 heteroatoms. The Morgan fingerprint density at radius 3 is 2.71 bits per heavy atom. The molecule has 2 bridgehead atoms. The van der Waals surface area contributed by atoms with Crippen molar-refractivity contribution in [3.63, 3.8) is 0 Å². The van der Waals surface area contributed by atoms with E-state index in [0.29, 0.717) is 11.5 Å². The van der Waals surface area contributed by atoms with Crippen molar-refractivity contribution in [3.05, 3.63) is 12.2 Å². The number of rotatable bonds is 1. The molecule has 4 unspecified atom stereocenters. The summed E-state index contributed by atoms with van der Waals surface area (Å²) in [6, 6.07) is 0.496. The highest BCUT2D eigenvalue weighted by Gasteiger charge is 2.46. The Balaban J connectivity index is 1.78. The fourth-order valence-corrected chi connectivity index (χ4v) is 4.05. The molecule has 0 amide bonds. The summed E-state index contributed by atoms with van der Waals surface area (Å²) in [5.41, 5.74) is 6.70. The first kappa shape index (κ1) is 8.96. The summed E-state index contributed by atoms with van der Waals surface area (Å²) < 4.78 is 0. The molecule has 3 aliphatic carbocycles. The number of hydrogen-bond donors (Lipinski definition) is 1. The molecule has 78 valence electrons. The van der Waals surface area contributed by atoms with Gasteiger partial charge in [-0.2, -0.15) is 0 Å². The van der Waals surface area contributed by atoms with Crippen LogP contribution in [0.5, 0.6) is 0 Å². The zero-order chi connectivity index (χ0) is 9.60. The van der Waals surface area contributed by atoms with Crippen LogP contribution in [0.1, 0.15) is 44.9 Å². The van der Waals surface area contributed by atoms with Gasteiger partial charge >= 0.3 is 0 Å². The van der Waals surface area contributed by atoms with Gasteiger partial charge in [0.1, 0.15) is 0 Å². The van der Waals surface area contributed by atoms with Gasteiger partial charge in [-0.05, 0) is 55.8 Å². The molecule has 14 heavy (non-hydrogen) atoms. The molecule has 3 aliphatic rings. The molecule has 2 fully saturated rings. The highest BCUT2D eigenvalue weighted by atomic mass is 14.7. The third-order valence-electron chi connectivity index (χ3n) is 4.85. The minimum absolute atomic E-state index is 0.496. The molecule has 0 aliphatic heterocycles. The molecule has 0 aromatic rings. The first-order valence-electron chi connectivity index (χ1n) is 6.23. The second-order valence-corrected chi connectivity index (χ2v) is 5.72. The lowest BCUT2D eigenvalue weighted by molar-refractivity contribution is 0.167. The third-order valence-corrected chi connectivity index (χ3v) is 4.85. The summed E-state index contributed by atoms with van der Waals surface area (Å²) in [4.78, 5) is 0. The molecule has 2 saturated carbocycles. The van der Waals surface area contributed by atoms with Crippen LogP contribution in [0, 0.1) is 17.3 Å². The zero-order valence-electron chi connectivity index (χ0n) is 8.91. The molecule has 3 rings (SSSR count). The van der Waals surface area contributed by atoms with Crippen LogP contribution >= 0.6 is 0 Å². The Hall–Kier alpha value is -0.300. The molecule has 1 nitrogen and oxygen atoms in total. The van der Waals surface area contributed by atoms with E-state index < -0.39 is 0 Å². The summed E-state index contributed by atoms with van der Waals surface area (Å²) in [5.74, 6) is 1.84. The SMILES string of the molecule is NC1CCCC(C23C=CC(CC2)C3)C1. The van der Waals surface area contributed by atoms with Crippen molar-refractivity contribution in [3.8, 4) is 0 Å². The summed E-state index contributed by atoms with van der Waals surface area (Å²) in [6.07, 6.45) is 14.7. The lowest BCUT2D eigenvalue weighted by Gasteiger charge is -2.38. The summed E-state index contributed by atoms with van der Waals surface area (Å²) >= 11 is 0. The number of fused-ring (bicyclic) bond motifs is 2. The zero-order valence-corrected chi connectivity index (χ0v) is 8.91. The minimum atomic E-state index is 0.496. The van der Waals surface area contributed by atoms with Gasteiger partial charge in [-0.3, -0.25) is 0 Å². The van der Waals surface area contributed by atoms with E-state index in [0.717, 1.165) is 11.8 Å². The molecular formula is C13H21N. The van der Waals surface area contributed by atoms with Crippen molar-refractivity contribution < 1.29 is 0 Å². The van der Waals surface area contributed by atoms with Gasteiger partial charge in [-0.1, -0.05) is 18.6 Å². The van der Waals surface area contributed by atoms with Crippen LogP contribution in [0.2, 0.25) is 0 Å². The van der Waals surface area contributed by atoms with Gasteiger partial charge in [0.15, 0.2) is 0 Å². The predicted octanol–water partition coefficient (Wildman–Crippen LogP) is 2.86. The van der Waals surface area contributed by atoms with Gasteiger partial charge in [0.05, 0.1) is 0 Å². The predicted molar refractivity (Wildman–Crippen MR) is 58.8 cm³/mol. The highest BCUT2D eigenvalue weighted by Crippen LogP contribution is 2.56. The van der Waals surface area contributed by atoms with Gasteiger partial charge in [-0.15, -0.1) is 0 Å². The average Bonchev–Trinajstić information content (AvgIpc) is 2.78.